The van der Waals surface area contributed by atoms with Gasteiger partial charge >= 0.3 is 0 Å². The largest absolute Gasteiger partial charge is 0.772 e. The van der Waals surface area contributed by atoms with Crippen LogP contribution in [0.25, 0.3) is 0 Å². The predicted octanol–water partition coefficient (Wildman–Crippen LogP) is 2.98. The van der Waals surface area contributed by atoms with Crippen LogP contribution in [-0.2, 0) is 17.5 Å². The number of allylic oxidation sites excluding steroid dienone is 1. The topological polar surface area (TPSA) is 40.1 Å². The fraction of sp³-hybridized carbons (Fsp3) is 0.429. The second-order valence-electron chi connectivity index (χ2n) is 4.48. The molecular weight excluding hydrogens is 232 g/mol. The molecular formula is C14H17O2S-. The highest BCUT2D eigenvalue weighted by Gasteiger charge is 2.17. The van der Waals surface area contributed by atoms with Gasteiger partial charge in [-0.05, 0) is 42.3 Å². The van der Waals surface area contributed by atoms with E-state index in [1.165, 1.54) is 5.56 Å². The van der Waals surface area contributed by atoms with Crippen LogP contribution in [0.2, 0.25) is 0 Å². The Morgan fingerprint density at radius 2 is 2.00 bits per heavy atom. The summed E-state index contributed by atoms with van der Waals surface area (Å²) in [5.74, 6) is 0. The van der Waals surface area contributed by atoms with E-state index in [1.807, 2.05) is 18.2 Å². The zero-order chi connectivity index (χ0) is 12.1. The second-order valence-corrected chi connectivity index (χ2v) is 5.57. The third-order valence-electron chi connectivity index (χ3n) is 3.22. The van der Waals surface area contributed by atoms with Crippen molar-refractivity contribution < 1.29 is 8.76 Å². The maximum Gasteiger partial charge on any atom is 0.0427 e. The Morgan fingerprint density at radius 1 is 1.24 bits per heavy atom. The van der Waals surface area contributed by atoms with Crippen LogP contribution in [0.5, 0.6) is 0 Å². The Labute approximate surface area is 105 Å². The fourth-order valence-corrected chi connectivity index (χ4v) is 3.10. The van der Waals surface area contributed by atoms with Crippen molar-refractivity contribution in [3.05, 3.63) is 47.5 Å². The quantitative estimate of drug-likeness (QED) is 0.610. The first kappa shape index (κ1) is 12.5. The molecule has 1 aliphatic rings. The van der Waals surface area contributed by atoms with E-state index in [0.717, 1.165) is 37.7 Å². The van der Waals surface area contributed by atoms with Crippen LogP contribution in [0.15, 0.2) is 42.0 Å². The molecule has 0 aliphatic heterocycles. The molecule has 0 N–H and O–H groups in total. The van der Waals surface area contributed by atoms with E-state index >= 15 is 0 Å². The number of rotatable bonds is 3. The van der Waals surface area contributed by atoms with E-state index in [0.29, 0.717) is 0 Å². The van der Waals surface area contributed by atoms with Crippen LogP contribution in [0.1, 0.15) is 31.2 Å². The molecule has 0 heterocycles. The highest BCUT2D eigenvalue weighted by molar-refractivity contribution is 7.80. The van der Waals surface area contributed by atoms with Crippen molar-refractivity contribution in [3.63, 3.8) is 0 Å². The maximum absolute atomic E-state index is 11.3. The van der Waals surface area contributed by atoms with Crippen molar-refractivity contribution in [2.75, 3.05) is 0 Å². The minimum Gasteiger partial charge on any atom is -0.772 e. The fourth-order valence-electron chi connectivity index (χ4n) is 2.32. The molecule has 0 fully saturated rings. The highest BCUT2D eigenvalue weighted by Crippen LogP contribution is 2.24. The smallest absolute Gasteiger partial charge is 0.0427 e. The first-order valence-electron chi connectivity index (χ1n) is 6.08. The summed E-state index contributed by atoms with van der Waals surface area (Å²) in [7, 11) is 0. The molecule has 0 aromatic heterocycles. The summed E-state index contributed by atoms with van der Waals surface area (Å²) in [5, 5.41) is -0.280. The van der Waals surface area contributed by atoms with Crippen molar-refractivity contribution in [2.24, 2.45) is 0 Å². The average molecular weight is 249 g/mol. The third-order valence-corrected chi connectivity index (χ3v) is 4.23. The molecule has 0 bridgehead atoms. The Balaban J connectivity index is 2.16. The van der Waals surface area contributed by atoms with Gasteiger partial charge in [0.25, 0.3) is 0 Å². The lowest BCUT2D eigenvalue weighted by Crippen LogP contribution is -2.18. The predicted molar refractivity (Wildman–Crippen MR) is 69.4 cm³/mol. The summed E-state index contributed by atoms with van der Waals surface area (Å²) in [6.07, 6.45) is 6.78. The van der Waals surface area contributed by atoms with Gasteiger partial charge in [0.05, 0.1) is 0 Å². The molecule has 0 saturated heterocycles. The standard InChI is InChI=1S/C14H18O2S/c15-17(16)14-10-6-2-5-9-13(14)11-12-7-3-1-4-8-12/h1,3-4,7-9,14H,2,5-6,10-11H2,(H,15,16)/p-1. The molecule has 0 saturated carbocycles. The SMILES string of the molecule is O=S([O-])C1CCCCC=C1Cc1ccccc1. The van der Waals surface area contributed by atoms with Gasteiger partial charge < -0.3 is 4.55 Å². The van der Waals surface area contributed by atoms with Gasteiger partial charge in [0, 0.05) is 5.25 Å². The molecule has 0 radical (unpaired) electrons. The molecule has 92 valence electrons. The number of hydrogen-bond acceptors (Lipinski definition) is 2. The van der Waals surface area contributed by atoms with E-state index in [1.54, 1.807) is 0 Å². The van der Waals surface area contributed by atoms with Crippen LogP contribution in [0.3, 0.4) is 0 Å². The molecule has 1 aromatic carbocycles. The molecule has 2 nitrogen and oxygen atoms in total. The van der Waals surface area contributed by atoms with Crippen LogP contribution in [0, 0.1) is 0 Å². The van der Waals surface area contributed by atoms with Gasteiger partial charge in [-0.25, -0.2) is 0 Å². The summed E-state index contributed by atoms with van der Waals surface area (Å²) in [5.41, 5.74) is 2.26. The van der Waals surface area contributed by atoms with Gasteiger partial charge in [-0.2, -0.15) is 0 Å². The molecule has 2 atom stereocenters. The summed E-state index contributed by atoms with van der Waals surface area (Å²) < 4.78 is 22.5. The highest BCUT2D eigenvalue weighted by atomic mass is 32.2. The van der Waals surface area contributed by atoms with Crippen LogP contribution < -0.4 is 0 Å². The molecule has 0 spiro atoms. The van der Waals surface area contributed by atoms with E-state index < -0.39 is 11.1 Å². The Morgan fingerprint density at radius 3 is 2.71 bits per heavy atom. The van der Waals surface area contributed by atoms with Crippen molar-refractivity contribution in [3.8, 4) is 0 Å². The summed E-state index contributed by atoms with van der Waals surface area (Å²) in [4.78, 5) is 0. The average Bonchev–Trinajstić information content (AvgIpc) is 2.56. The first-order valence-corrected chi connectivity index (χ1v) is 7.22. The monoisotopic (exact) mass is 249 g/mol. The van der Waals surface area contributed by atoms with Crippen molar-refractivity contribution in [1.29, 1.82) is 0 Å². The first-order chi connectivity index (χ1) is 8.27. The lowest BCUT2D eigenvalue weighted by atomic mass is 10.0. The van der Waals surface area contributed by atoms with E-state index in [-0.39, 0.29) is 5.25 Å². The van der Waals surface area contributed by atoms with Gasteiger partial charge in [-0.3, -0.25) is 4.21 Å². The Kier molecular flexibility index (Phi) is 4.51. The minimum absolute atomic E-state index is 0.280. The van der Waals surface area contributed by atoms with E-state index in [4.69, 9.17) is 0 Å². The minimum atomic E-state index is -1.99. The zero-order valence-electron chi connectivity index (χ0n) is 9.80. The third kappa shape index (κ3) is 3.51. The van der Waals surface area contributed by atoms with Gasteiger partial charge in [-0.1, -0.05) is 48.4 Å². The van der Waals surface area contributed by atoms with E-state index in [2.05, 4.69) is 18.2 Å². The van der Waals surface area contributed by atoms with Crippen LogP contribution in [0.4, 0.5) is 0 Å². The van der Waals surface area contributed by atoms with E-state index in [9.17, 15) is 8.76 Å². The number of benzene rings is 1. The summed E-state index contributed by atoms with van der Waals surface area (Å²) in [6, 6.07) is 10.1. The van der Waals surface area contributed by atoms with Gasteiger partial charge in [0.1, 0.15) is 0 Å². The molecule has 17 heavy (non-hydrogen) atoms. The number of hydrogen-bond donors (Lipinski definition) is 0. The Bertz CT molecular complexity index is 411. The lowest BCUT2D eigenvalue weighted by Gasteiger charge is -2.21. The summed E-state index contributed by atoms with van der Waals surface area (Å²) >= 11 is -1.99. The molecule has 1 aliphatic carbocycles. The van der Waals surface area contributed by atoms with Crippen LogP contribution >= 0.6 is 0 Å². The molecule has 1 aromatic rings. The summed E-state index contributed by atoms with van der Waals surface area (Å²) in [6.45, 7) is 0. The lowest BCUT2D eigenvalue weighted by molar-refractivity contribution is 0.520. The molecule has 3 heteroatoms. The second kappa shape index (κ2) is 6.12. The van der Waals surface area contributed by atoms with Gasteiger partial charge in [0.15, 0.2) is 0 Å². The van der Waals surface area contributed by atoms with Crippen molar-refractivity contribution in [2.45, 2.75) is 37.4 Å². The Hall–Kier alpha value is -0.930. The van der Waals surface area contributed by atoms with Gasteiger partial charge in [-0.15, -0.1) is 0 Å². The van der Waals surface area contributed by atoms with Crippen molar-refractivity contribution >= 4 is 11.1 Å². The zero-order valence-corrected chi connectivity index (χ0v) is 10.6. The maximum atomic E-state index is 11.3. The molecule has 0 amide bonds. The normalized spacial score (nSPS) is 22.6. The molecule has 2 rings (SSSR count). The molecule has 2 unspecified atom stereocenters. The van der Waals surface area contributed by atoms with Crippen LogP contribution in [-0.4, -0.2) is 14.0 Å². The van der Waals surface area contributed by atoms with Gasteiger partial charge in [0.2, 0.25) is 0 Å². The van der Waals surface area contributed by atoms with Crippen molar-refractivity contribution in [1.82, 2.24) is 0 Å².